The Labute approximate surface area is 149 Å². The fourth-order valence-corrected chi connectivity index (χ4v) is 3.24. The maximum atomic E-state index is 12.4. The van der Waals surface area contributed by atoms with Gasteiger partial charge in [-0.1, -0.05) is 18.6 Å². The van der Waals surface area contributed by atoms with Crippen molar-refractivity contribution in [3.8, 4) is 11.1 Å². The number of ether oxygens (including phenoxy) is 1. The fraction of sp³-hybridized carbons (Fsp3) is 0.500. The van der Waals surface area contributed by atoms with Crippen molar-refractivity contribution < 1.29 is 9.53 Å². The Hall–Kier alpha value is -2.14. The van der Waals surface area contributed by atoms with E-state index >= 15 is 0 Å². The van der Waals surface area contributed by atoms with Crippen LogP contribution in [0.3, 0.4) is 0 Å². The molecule has 1 aliphatic rings. The summed E-state index contributed by atoms with van der Waals surface area (Å²) in [6, 6.07) is 7.71. The van der Waals surface area contributed by atoms with Crippen molar-refractivity contribution in [2.75, 3.05) is 19.8 Å². The number of nitrogens with zero attached hydrogens (tertiary/aromatic N) is 2. The van der Waals surface area contributed by atoms with Crippen molar-refractivity contribution in [3.05, 3.63) is 42.2 Å². The van der Waals surface area contributed by atoms with Gasteiger partial charge in [-0.2, -0.15) is 5.10 Å². The number of amides is 1. The summed E-state index contributed by atoms with van der Waals surface area (Å²) in [6.45, 7) is 7.08. The first-order chi connectivity index (χ1) is 12.2. The fourth-order valence-electron chi connectivity index (χ4n) is 3.24. The summed E-state index contributed by atoms with van der Waals surface area (Å²) < 4.78 is 7.49. The zero-order chi connectivity index (χ0) is 17.7. The summed E-state index contributed by atoms with van der Waals surface area (Å²) in [4.78, 5) is 12.4. The molecule has 134 valence electrons. The number of carbonyl (C=O) groups excluding carboxylic acids is 1. The van der Waals surface area contributed by atoms with Crippen LogP contribution in [-0.4, -0.2) is 35.4 Å². The van der Waals surface area contributed by atoms with E-state index in [0.717, 1.165) is 43.7 Å². The Kier molecular flexibility index (Phi) is 5.53. The monoisotopic (exact) mass is 341 g/mol. The van der Waals surface area contributed by atoms with E-state index in [1.165, 1.54) is 6.42 Å². The summed E-state index contributed by atoms with van der Waals surface area (Å²) in [5.74, 6) is -0.0152. The molecule has 0 bridgehead atoms. The average Bonchev–Trinajstić information content (AvgIpc) is 3.09. The first kappa shape index (κ1) is 17.7. The van der Waals surface area contributed by atoms with Crippen LogP contribution in [0.15, 0.2) is 36.7 Å². The Balaban J connectivity index is 1.59. The third kappa shape index (κ3) is 4.10. The van der Waals surface area contributed by atoms with Crippen molar-refractivity contribution in [1.82, 2.24) is 15.1 Å². The van der Waals surface area contributed by atoms with Crippen LogP contribution in [0.2, 0.25) is 0 Å². The molecule has 0 radical (unpaired) electrons. The van der Waals surface area contributed by atoms with Gasteiger partial charge in [-0.3, -0.25) is 9.48 Å². The number of aromatic nitrogens is 2. The molecular weight excluding hydrogens is 314 g/mol. The van der Waals surface area contributed by atoms with E-state index in [2.05, 4.69) is 17.3 Å². The molecule has 1 N–H and O–H groups in total. The van der Waals surface area contributed by atoms with Crippen LogP contribution in [0.5, 0.6) is 0 Å². The molecule has 1 amide bonds. The highest BCUT2D eigenvalue weighted by atomic mass is 16.5. The molecule has 0 unspecified atom stereocenters. The first-order valence-electron chi connectivity index (χ1n) is 9.14. The van der Waals surface area contributed by atoms with E-state index < -0.39 is 0 Å². The smallest absolute Gasteiger partial charge is 0.251 e. The maximum Gasteiger partial charge on any atom is 0.251 e. The minimum Gasteiger partial charge on any atom is -0.381 e. The molecule has 1 saturated carbocycles. The van der Waals surface area contributed by atoms with Crippen molar-refractivity contribution in [1.29, 1.82) is 0 Å². The van der Waals surface area contributed by atoms with E-state index in [0.29, 0.717) is 12.1 Å². The Morgan fingerprint density at radius 3 is 2.56 bits per heavy atom. The zero-order valence-corrected chi connectivity index (χ0v) is 15.1. The van der Waals surface area contributed by atoms with E-state index in [1.54, 1.807) is 0 Å². The van der Waals surface area contributed by atoms with Crippen LogP contribution >= 0.6 is 0 Å². The van der Waals surface area contributed by atoms with Crippen LogP contribution in [0.4, 0.5) is 0 Å². The Morgan fingerprint density at radius 1 is 1.24 bits per heavy atom. The van der Waals surface area contributed by atoms with Gasteiger partial charge >= 0.3 is 0 Å². The van der Waals surface area contributed by atoms with Crippen LogP contribution < -0.4 is 5.32 Å². The van der Waals surface area contributed by atoms with Crippen LogP contribution in [0, 0.1) is 5.41 Å². The van der Waals surface area contributed by atoms with Gasteiger partial charge in [0.2, 0.25) is 0 Å². The summed E-state index contributed by atoms with van der Waals surface area (Å²) >= 11 is 0. The summed E-state index contributed by atoms with van der Waals surface area (Å²) in [5, 5.41) is 7.38. The van der Waals surface area contributed by atoms with Crippen molar-refractivity contribution >= 4 is 5.91 Å². The summed E-state index contributed by atoms with van der Waals surface area (Å²) in [6.07, 6.45) is 7.36. The SMILES string of the molecule is CCOCC1(CNC(=O)c2ccc(-c3cnn(CC)c3)cc2)CCC1. The van der Waals surface area contributed by atoms with Crippen molar-refractivity contribution in [2.45, 2.75) is 39.7 Å². The number of rotatable bonds is 8. The lowest BCUT2D eigenvalue weighted by molar-refractivity contribution is -0.000182. The van der Waals surface area contributed by atoms with Gasteiger partial charge in [0.05, 0.1) is 12.8 Å². The molecule has 1 aromatic heterocycles. The number of hydrogen-bond acceptors (Lipinski definition) is 3. The van der Waals surface area contributed by atoms with Gasteiger partial charge in [0.15, 0.2) is 0 Å². The lowest BCUT2D eigenvalue weighted by Gasteiger charge is -2.41. The highest BCUT2D eigenvalue weighted by molar-refractivity contribution is 5.94. The molecule has 0 atom stereocenters. The first-order valence-corrected chi connectivity index (χ1v) is 9.14. The third-order valence-corrected chi connectivity index (χ3v) is 5.09. The maximum absolute atomic E-state index is 12.4. The molecule has 0 aliphatic heterocycles. The van der Waals surface area contributed by atoms with Gasteiger partial charge in [0.25, 0.3) is 5.91 Å². The summed E-state index contributed by atoms with van der Waals surface area (Å²) in [5.41, 5.74) is 2.97. The number of nitrogens with one attached hydrogen (secondary N) is 1. The number of aryl methyl sites for hydroxylation is 1. The van der Waals surface area contributed by atoms with Gasteiger partial charge in [0.1, 0.15) is 0 Å². The zero-order valence-electron chi connectivity index (χ0n) is 15.1. The number of hydrogen-bond donors (Lipinski definition) is 1. The topological polar surface area (TPSA) is 56.1 Å². The Bertz CT molecular complexity index is 702. The summed E-state index contributed by atoms with van der Waals surface area (Å²) in [7, 11) is 0. The second-order valence-electron chi connectivity index (χ2n) is 6.84. The predicted molar refractivity (Wildman–Crippen MR) is 98.4 cm³/mol. The number of carbonyl (C=O) groups is 1. The molecule has 5 nitrogen and oxygen atoms in total. The second-order valence-corrected chi connectivity index (χ2v) is 6.84. The van der Waals surface area contributed by atoms with Gasteiger partial charge in [-0.05, 0) is 44.4 Å². The molecule has 1 aliphatic carbocycles. The quantitative estimate of drug-likeness (QED) is 0.799. The van der Waals surface area contributed by atoms with Crippen LogP contribution in [0.25, 0.3) is 11.1 Å². The van der Waals surface area contributed by atoms with E-state index in [-0.39, 0.29) is 11.3 Å². The molecule has 0 saturated heterocycles. The predicted octanol–water partition coefficient (Wildman–Crippen LogP) is 3.51. The number of benzene rings is 1. The average molecular weight is 341 g/mol. The minimum absolute atomic E-state index is 0.0152. The van der Waals surface area contributed by atoms with Gasteiger partial charge < -0.3 is 10.1 Å². The standard InChI is InChI=1S/C20H27N3O2/c1-3-23-13-18(12-22-23)16-6-8-17(9-7-16)19(24)21-14-20(10-5-11-20)15-25-4-2/h6-9,12-13H,3-5,10-11,14-15H2,1-2H3,(H,21,24). The van der Waals surface area contributed by atoms with E-state index in [4.69, 9.17) is 4.74 Å². The van der Waals surface area contributed by atoms with Gasteiger partial charge in [-0.15, -0.1) is 0 Å². The highest BCUT2D eigenvalue weighted by Crippen LogP contribution is 2.40. The molecule has 1 heterocycles. The molecule has 1 aromatic carbocycles. The largest absolute Gasteiger partial charge is 0.381 e. The highest BCUT2D eigenvalue weighted by Gasteiger charge is 2.37. The molecule has 5 heteroatoms. The lowest BCUT2D eigenvalue weighted by atomic mass is 9.69. The molecule has 2 aromatic rings. The van der Waals surface area contributed by atoms with Gasteiger partial charge in [-0.25, -0.2) is 0 Å². The van der Waals surface area contributed by atoms with Crippen LogP contribution in [0.1, 0.15) is 43.5 Å². The van der Waals surface area contributed by atoms with Gasteiger partial charge in [0, 0.05) is 42.4 Å². The van der Waals surface area contributed by atoms with E-state index in [1.807, 2.05) is 48.3 Å². The molecule has 25 heavy (non-hydrogen) atoms. The normalized spacial score (nSPS) is 15.6. The van der Waals surface area contributed by atoms with E-state index in [9.17, 15) is 4.79 Å². The van der Waals surface area contributed by atoms with Crippen molar-refractivity contribution in [3.63, 3.8) is 0 Å². The molecular formula is C20H27N3O2. The second kappa shape index (κ2) is 7.83. The van der Waals surface area contributed by atoms with Crippen molar-refractivity contribution in [2.24, 2.45) is 5.41 Å². The minimum atomic E-state index is -0.0152. The molecule has 3 rings (SSSR count). The van der Waals surface area contributed by atoms with Crippen LogP contribution in [-0.2, 0) is 11.3 Å². The molecule has 1 fully saturated rings. The molecule has 0 spiro atoms. The third-order valence-electron chi connectivity index (χ3n) is 5.09. The Morgan fingerprint density at radius 2 is 2.00 bits per heavy atom. The lowest BCUT2D eigenvalue weighted by Crippen LogP contribution is -2.45.